The molecule has 0 heteroatoms. The molecule has 1 rings (SSSR count). The SMILES string of the molecule is CCC(C)CCCCCCC(C)CCCCCCCCC(C)CCCCC1CCCC(CC)C1.CCCC(C)CCCCCCCC(C)CCCCCCCCC(C)CCCCCCC(C)CC.CCCCCCCCCCCCC(C)CCCCCCCCC(C)CCCCCCCCCC. The van der Waals surface area contributed by atoms with Crippen LogP contribution in [-0.2, 0) is 0 Å². The third-order valence-corrected chi connectivity index (χ3v) is 26.4. The van der Waals surface area contributed by atoms with Crippen molar-refractivity contribution in [2.75, 3.05) is 0 Å². The van der Waals surface area contributed by atoms with Gasteiger partial charge >= 0.3 is 0 Å². The minimum Gasteiger partial charge on any atom is -0.0654 e. The molecule has 0 N–H and O–H groups in total. The molecule has 1 aliphatic rings. The molecule has 0 aromatic carbocycles. The van der Waals surface area contributed by atoms with E-state index in [4.69, 9.17) is 0 Å². The largest absolute Gasteiger partial charge is 0.0654 e. The fourth-order valence-electron chi connectivity index (χ4n) is 17.8. The van der Waals surface area contributed by atoms with Gasteiger partial charge in [-0.25, -0.2) is 0 Å². The van der Waals surface area contributed by atoms with E-state index in [1.54, 1.807) is 6.42 Å². The lowest BCUT2D eigenvalue weighted by Crippen LogP contribution is -2.14. The van der Waals surface area contributed by atoms with Crippen LogP contribution in [0.1, 0.15) is 592 Å². The molecule has 102 heavy (non-hydrogen) atoms. The summed E-state index contributed by atoms with van der Waals surface area (Å²) in [7, 11) is 0. The molecule has 1 fully saturated rings. The lowest BCUT2D eigenvalue weighted by molar-refractivity contribution is 0.243. The fourth-order valence-corrected chi connectivity index (χ4v) is 17.8. The Hall–Kier alpha value is 0. The van der Waals surface area contributed by atoms with Gasteiger partial charge in [0.25, 0.3) is 0 Å². The predicted molar refractivity (Wildman–Crippen MR) is 474 cm³/mol. The Morgan fingerprint density at radius 1 is 0.176 bits per heavy atom. The first-order valence-corrected chi connectivity index (χ1v) is 49.7. The van der Waals surface area contributed by atoms with E-state index in [9.17, 15) is 0 Å². The van der Waals surface area contributed by atoms with E-state index in [0.29, 0.717) is 0 Å². The molecule has 0 aromatic rings. The van der Waals surface area contributed by atoms with E-state index in [0.717, 1.165) is 65.1 Å². The van der Waals surface area contributed by atoms with Crippen molar-refractivity contribution in [3.8, 4) is 0 Å². The average molecular weight is 1430 g/mol. The molecule has 1 aliphatic carbocycles. The molecule has 0 bridgehead atoms. The van der Waals surface area contributed by atoms with Crippen molar-refractivity contribution < 1.29 is 0 Å². The maximum absolute atomic E-state index is 2.51. The molecule has 0 aromatic heterocycles. The third kappa shape index (κ3) is 82.5. The molecule has 1 saturated carbocycles. The highest BCUT2D eigenvalue weighted by Crippen LogP contribution is 2.35. The van der Waals surface area contributed by atoms with Crippen LogP contribution in [0.3, 0.4) is 0 Å². The Balaban J connectivity index is 0. The Morgan fingerprint density at radius 2 is 0.353 bits per heavy atom. The van der Waals surface area contributed by atoms with Gasteiger partial charge in [0.15, 0.2) is 0 Å². The number of rotatable bonds is 79. The first kappa shape index (κ1) is 104. The van der Waals surface area contributed by atoms with Crippen LogP contribution in [0.5, 0.6) is 0 Å². The van der Waals surface area contributed by atoms with Crippen LogP contribution < -0.4 is 0 Å². The van der Waals surface area contributed by atoms with Gasteiger partial charge in [0, 0.05) is 0 Å². The number of unbranched alkanes of at least 4 members (excludes halogenated alkanes) is 42. The second-order valence-electron chi connectivity index (χ2n) is 37.8. The fraction of sp³-hybridized carbons (Fsp3) is 1.00. The molecule has 0 spiro atoms. The highest BCUT2D eigenvalue weighted by molar-refractivity contribution is 4.73. The quantitative estimate of drug-likeness (QED) is 0.0533. The van der Waals surface area contributed by atoms with Crippen LogP contribution in [-0.4, -0.2) is 0 Å². The van der Waals surface area contributed by atoms with Crippen molar-refractivity contribution in [1.82, 2.24) is 0 Å². The van der Waals surface area contributed by atoms with Gasteiger partial charge in [0.2, 0.25) is 0 Å². The number of hydrogen-bond acceptors (Lipinski definition) is 0. The standard InChI is InChI=1S/C34H68.2C34H70/c1-6-30(3)21-14-12-13-17-24-31(4)22-15-10-8-9-11-16-23-32(5)25-18-19-26-34-28-20-27-33(7-2)29-34;1-7-24-32(4)26-19-14-11-15-22-29-33(5)27-20-12-9-10-13-21-28-34(6)30-23-17-16-18-25-31(3)8-2;1-5-7-9-11-13-15-16-18-22-26-30-34(4)32-28-24-20-19-23-27-31-33(3)29-25-21-17-14-12-10-8-6-2/h30-34H,6-29H2,1-5H3;31-34H,7-30H2,1-6H3;33-34H,5-32H2,1-4H3. The molecule has 11 atom stereocenters. The van der Waals surface area contributed by atoms with Gasteiger partial charge in [-0.3, -0.25) is 0 Å². The highest BCUT2D eigenvalue weighted by atomic mass is 14.3. The van der Waals surface area contributed by atoms with E-state index in [1.165, 1.54) is 482 Å². The molecule has 0 heterocycles. The average Bonchev–Trinajstić information content (AvgIpc) is 0.941. The van der Waals surface area contributed by atoms with E-state index in [-0.39, 0.29) is 0 Å². The molecular formula is C102H208. The predicted octanol–water partition coefficient (Wildman–Crippen LogP) is 38.7. The number of hydrogen-bond donors (Lipinski definition) is 0. The zero-order valence-corrected chi connectivity index (χ0v) is 75.1. The van der Waals surface area contributed by atoms with Gasteiger partial charge in [-0.1, -0.05) is 585 Å². The molecule has 0 saturated heterocycles. The Bertz CT molecular complexity index is 1480. The minimum absolute atomic E-state index is 0.941. The molecule has 616 valence electrons. The monoisotopic (exact) mass is 1430 g/mol. The van der Waals surface area contributed by atoms with Crippen molar-refractivity contribution in [3.05, 3.63) is 0 Å². The zero-order chi connectivity index (χ0) is 75.1. The molecule has 0 radical (unpaired) electrons. The molecule has 0 nitrogen and oxygen atoms in total. The molecule has 0 amide bonds. The van der Waals surface area contributed by atoms with Crippen molar-refractivity contribution in [2.24, 2.45) is 65.1 Å². The summed E-state index contributed by atoms with van der Waals surface area (Å²) in [5.41, 5.74) is 0. The summed E-state index contributed by atoms with van der Waals surface area (Å²) in [6.45, 7) is 36.2. The summed E-state index contributed by atoms with van der Waals surface area (Å²) in [4.78, 5) is 0. The van der Waals surface area contributed by atoms with Crippen LogP contribution >= 0.6 is 0 Å². The van der Waals surface area contributed by atoms with Gasteiger partial charge in [-0.2, -0.15) is 0 Å². The van der Waals surface area contributed by atoms with Crippen LogP contribution in [0.25, 0.3) is 0 Å². The summed E-state index contributed by atoms with van der Waals surface area (Å²) in [5, 5.41) is 0. The Morgan fingerprint density at radius 3 is 0.549 bits per heavy atom. The van der Waals surface area contributed by atoms with Gasteiger partial charge in [-0.15, -0.1) is 0 Å². The lowest BCUT2D eigenvalue weighted by atomic mass is 9.78. The Labute approximate surface area is 653 Å². The van der Waals surface area contributed by atoms with E-state index in [2.05, 4.69) is 104 Å². The lowest BCUT2D eigenvalue weighted by Gasteiger charge is -2.28. The first-order chi connectivity index (χ1) is 49.7. The summed E-state index contributed by atoms with van der Waals surface area (Å²) < 4.78 is 0. The molecule has 0 aliphatic heterocycles. The van der Waals surface area contributed by atoms with Crippen LogP contribution in [0.15, 0.2) is 0 Å². The smallest absolute Gasteiger partial charge is 0.0412 e. The van der Waals surface area contributed by atoms with E-state index in [1.807, 2.05) is 0 Å². The van der Waals surface area contributed by atoms with Gasteiger partial charge < -0.3 is 0 Å². The maximum atomic E-state index is 2.51. The van der Waals surface area contributed by atoms with Crippen LogP contribution in [0.2, 0.25) is 0 Å². The van der Waals surface area contributed by atoms with E-state index < -0.39 is 0 Å². The first-order valence-electron chi connectivity index (χ1n) is 49.7. The topological polar surface area (TPSA) is 0 Å². The highest BCUT2D eigenvalue weighted by Gasteiger charge is 2.20. The zero-order valence-electron chi connectivity index (χ0n) is 75.1. The third-order valence-electron chi connectivity index (χ3n) is 26.4. The summed E-state index contributed by atoms with van der Waals surface area (Å²) in [6, 6.07) is 0. The second-order valence-corrected chi connectivity index (χ2v) is 37.8. The van der Waals surface area contributed by atoms with Crippen molar-refractivity contribution in [2.45, 2.75) is 592 Å². The maximum Gasteiger partial charge on any atom is -0.0412 e. The summed E-state index contributed by atoms with van der Waals surface area (Å²) in [5.74, 6) is 10.7. The van der Waals surface area contributed by atoms with Gasteiger partial charge in [-0.05, 0) is 71.5 Å². The van der Waals surface area contributed by atoms with Crippen molar-refractivity contribution in [1.29, 1.82) is 0 Å². The van der Waals surface area contributed by atoms with E-state index >= 15 is 0 Å². The van der Waals surface area contributed by atoms with Crippen molar-refractivity contribution >= 4 is 0 Å². The summed E-state index contributed by atoms with van der Waals surface area (Å²) >= 11 is 0. The molecular weight excluding hydrogens is 1230 g/mol. The second kappa shape index (κ2) is 85.0. The Kier molecular flexibility index (Phi) is 86.7. The van der Waals surface area contributed by atoms with Crippen molar-refractivity contribution in [3.63, 3.8) is 0 Å². The van der Waals surface area contributed by atoms with Crippen LogP contribution in [0, 0.1) is 65.1 Å². The molecule has 11 unspecified atom stereocenters. The van der Waals surface area contributed by atoms with Gasteiger partial charge in [0.1, 0.15) is 0 Å². The van der Waals surface area contributed by atoms with Gasteiger partial charge in [0.05, 0.1) is 0 Å². The summed E-state index contributed by atoms with van der Waals surface area (Å²) in [6.07, 6.45) is 112. The normalized spacial score (nSPS) is 16.7. The van der Waals surface area contributed by atoms with Crippen LogP contribution in [0.4, 0.5) is 0 Å². The minimum atomic E-state index is 0.941.